The molecule has 0 saturated heterocycles. The third kappa shape index (κ3) is 2.18. The fourth-order valence-corrected chi connectivity index (χ4v) is 1.71. The van der Waals surface area contributed by atoms with Crippen LogP contribution in [-0.2, 0) is 4.79 Å². The van der Waals surface area contributed by atoms with E-state index in [9.17, 15) is 15.0 Å². The number of aliphatic hydroxyl groups excluding tert-OH is 3. The van der Waals surface area contributed by atoms with E-state index < -0.39 is 18.2 Å². The van der Waals surface area contributed by atoms with E-state index in [2.05, 4.69) is 5.32 Å². The maximum atomic E-state index is 10.7. The molecule has 1 fully saturated rings. The molecule has 0 spiro atoms. The first-order valence-electron chi connectivity index (χ1n) is 4.30. The zero-order chi connectivity index (χ0) is 10.0. The first-order chi connectivity index (χ1) is 6.06. The molecule has 13 heavy (non-hydrogen) atoms. The number of hydrogen-bond donors (Lipinski definition) is 4. The molecule has 0 aromatic rings. The number of hydrogen-bond acceptors (Lipinski definition) is 4. The lowest BCUT2D eigenvalue weighted by molar-refractivity contribution is -0.120. The molecule has 0 radical (unpaired) electrons. The van der Waals surface area contributed by atoms with E-state index in [1.807, 2.05) is 0 Å². The van der Waals surface area contributed by atoms with Gasteiger partial charge in [-0.05, 0) is 6.42 Å². The molecule has 1 rings (SSSR count). The van der Waals surface area contributed by atoms with Gasteiger partial charge in [-0.3, -0.25) is 4.79 Å². The van der Waals surface area contributed by atoms with Crippen molar-refractivity contribution in [2.24, 2.45) is 5.92 Å². The standard InChI is InChI=1S/C8H15NO4/c1-4(11)9-6-2-5(3-10)7(12)8(6)13/h5-8,10,12-13H,2-3H2,1H3,(H,9,11)/t5-,6-,7-,8-/m1/s1. The Morgan fingerprint density at radius 3 is 2.46 bits per heavy atom. The lowest BCUT2D eigenvalue weighted by Gasteiger charge is -2.16. The van der Waals surface area contributed by atoms with Gasteiger partial charge in [0.05, 0.1) is 12.1 Å². The van der Waals surface area contributed by atoms with E-state index >= 15 is 0 Å². The predicted molar refractivity (Wildman–Crippen MR) is 44.8 cm³/mol. The van der Waals surface area contributed by atoms with Crippen LogP contribution in [-0.4, -0.2) is 46.1 Å². The van der Waals surface area contributed by atoms with E-state index in [-0.39, 0.29) is 18.4 Å². The van der Waals surface area contributed by atoms with Gasteiger partial charge in [0.1, 0.15) is 6.10 Å². The summed E-state index contributed by atoms with van der Waals surface area (Å²) in [7, 11) is 0. The highest BCUT2D eigenvalue weighted by Crippen LogP contribution is 2.26. The summed E-state index contributed by atoms with van der Waals surface area (Å²) < 4.78 is 0. The molecule has 0 heterocycles. The number of rotatable bonds is 2. The zero-order valence-corrected chi connectivity index (χ0v) is 7.47. The second-order valence-corrected chi connectivity index (χ2v) is 3.47. The van der Waals surface area contributed by atoms with Gasteiger partial charge in [-0.25, -0.2) is 0 Å². The molecule has 0 aliphatic heterocycles. The Kier molecular flexibility index (Phi) is 3.24. The highest BCUT2D eigenvalue weighted by Gasteiger charge is 2.41. The van der Waals surface area contributed by atoms with Crippen LogP contribution in [0.15, 0.2) is 0 Å². The van der Waals surface area contributed by atoms with Crippen molar-refractivity contribution < 1.29 is 20.1 Å². The molecule has 0 unspecified atom stereocenters. The third-order valence-electron chi connectivity index (χ3n) is 2.42. The normalized spacial score (nSPS) is 39.1. The van der Waals surface area contributed by atoms with E-state index in [1.165, 1.54) is 6.92 Å². The van der Waals surface area contributed by atoms with E-state index in [0.717, 1.165) is 0 Å². The van der Waals surface area contributed by atoms with Crippen LogP contribution in [0.3, 0.4) is 0 Å². The van der Waals surface area contributed by atoms with Crippen molar-refractivity contribution in [2.75, 3.05) is 6.61 Å². The van der Waals surface area contributed by atoms with Gasteiger partial charge in [-0.1, -0.05) is 0 Å². The van der Waals surface area contributed by atoms with Crippen LogP contribution in [0.4, 0.5) is 0 Å². The van der Waals surface area contributed by atoms with Gasteiger partial charge in [0.2, 0.25) is 5.91 Å². The summed E-state index contributed by atoms with van der Waals surface area (Å²) in [5, 5.41) is 30.2. The minimum Gasteiger partial charge on any atom is -0.396 e. The molecular weight excluding hydrogens is 174 g/mol. The minimum atomic E-state index is -0.971. The van der Waals surface area contributed by atoms with Crippen molar-refractivity contribution in [3.63, 3.8) is 0 Å². The first-order valence-corrected chi connectivity index (χ1v) is 4.30. The van der Waals surface area contributed by atoms with Crippen LogP contribution < -0.4 is 5.32 Å². The molecule has 0 bridgehead atoms. The topological polar surface area (TPSA) is 89.8 Å². The molecule has 1 aliphatic rings. The second kappa shape index (κ2) is 4.04. The van der Waals surface area contributed by atoms with Crippen LogP contribution >= 0.6 is 0 Å². The molecule has 5 heteroatoms. The fraction of sp³-hybridized carbons (Fsp3) is 0.875. The van der Waals surface area contributed by atoms with Gasteiger partial charge in [0.15, 0.2) is 0 Å². The summed E-state index contributed by atoms with van der Waals surface area (Å²) in [6.45, 7) is 1.18. The lowest BCUT2D eigenvalue weighted by atomic mass is 10.1. The molecule has 0 aromatic heterocycles. The zero-order valence-electron chi connectivity index (χ0n) is 7.47. The molecule has 4 atom stereocenters. The summed E-state index contributed by atoms with van der Waals surface area (Å²) >= 11 is 0. The van der Waals surface area contributed by atoms with Crippen LogP contribution in [0.1, 0.15) is 13.3 Å². The Morgan fingerprint density at radius 2 is 2.08 bits per heavy atom. The molecule has 0 aromatic carbocycles. The Labute approximate surface area is 76.4 Å². The number of carbonyl (C=O) groups is 1. The van der Waals surface area contributed by atoms with Crippen molar-refractivity contribution in [2.45, 2.75) is 31.6 Å². The minimum absolute atomic E-state index is 0.172. The number of aliphatic hydroxyl groups is 3. The van der Waals surface area contributed by atoms with E-state index in [0.29, 0.717) is 6.42 Å². The van der Waals surface area contributed by atoms with Crippen molar-refractivity contribution in [3.05, 3.63) is 0 Å². The summed E-state index contributed by atoms with van der Waals surface area (Å²) in [5.74, 6) is -0.582. The van der Waals surface area contributed by atoms with Crippen molar-refractivity contribution in [3.8, 4) is 0 Å². The summed E-state index contributed by atoms with van der Waals surface area (Å²) in [5.41, 5.74) is 0. The quantitative estimate of drug-likeness (QED) is 0.413. The van der Waals surface area contributed by atoms with Crippen LogP contribution in [0.5, 0.6) is 0 Å². The number of amides is 1. The van der Waals surface area contributed by atoms with E-state index in [1.54, 1.807) is 0 Å². The monoisotopic (exact) mass is 189 g/mol. The first kappa shape index (κ1) is 10.4. The van der Waals surface area contributed by atoms with Crippen molar-refractivity contribution >= 4 is 5.91 Å². The average Bonchev–Trinajstić information content (AvgIpc) is 2.32. The van der Waals surface area contributed by atoms with Gasteiger partial charge >= 0.3 is 0 Å². The molecule has 1 saturated carbocycles. The number of nitrogens with one attached hydrogen (secondary N) is 1. The Balaban J connectivity index is 2.55. The highest BCUT2D eigenvalue weighted by atomic mass is 16.3. The van der Waals surface area contributed by atoms with Gasteiger partial charge in [-0.15, -0.1) is 0 Å². The van der Waals surface area contributed by atoms with Gasteiger partial charge < -0.3 is 20.6 Å². The molecular formula is C8H15NO4. The molecule has 76 valence electrons. The lowest BCUT2D eigenvalue weighted by Crippen LogP contribution is -2.42. The SMILES string of the molecule is CC(=O)N[C@@H]1C[C@H](CO)[C@@H](O)[C@@H]1O. The largest absolute Gasteiger partial charge is 0.396 e. The summed E-state index contributed by atoms with van der Waals surface area (Å²) in [6.07, 6.45) is -1.50. The summed E-state index contributed by atoms with van der Waals surface area (Å²) in [4.78, 5) is 10.7. The molecule has 1 amide bonds. The van der Waals surface area contributed by atoms with Crippen molar-refractivity contribution in [1.29, 1.82) is 0 Å². The Bertz CT molecular complexity index is 197. The fourth-order valence-electron chi connectivity index (χ4n) is 1.71. The third-order valence-corrected chi connectivity index (χ3v) is 2.42. The smallest absolute Gasteiger partial charge is 0.217 e. The van der Waals surface area contributed by atoms with Crippen LogP contribution in [0.2, 0.25) is 0 Å². The average molecular weight is 189 g/mol. The summed E-state index contributed by atoms with van der Waals surface area (Å²) in [6, 6.07) is -0.440. The van der Waals surface area contributed by atoms with Crippen LogP contribution in [0, 0.1) is 5.92 Å². The van der Waals surface area contributed by atoms with Gasteiger partial charge in [0, 0.05) is 19.4 Å². The van der Waals surface area contributed by atoms with E-state index in [4.69, 9.17) is 5.11 Å². The molecule has 5 nitrogen and oxygen atoms in total. The Hall–Kier alpha value is -0.650. The molecule has 4 N–H and O–H groups in total. The maximum Gasteiger partial charge on any atom is 0.217 e. The molecule has 1 aliphatic carbocycles. The van der Waals surface area contributed by atoms with Crippen molar-refractivity contribution in [1.82, 2.24) is 5.32 Å². The number of carbonyl (C=O) groups excluding carboxylic acids is 1. The second-order valence-electron chi connectivity index (χ2n) is 3.47. The van der Waals surface area contributed by atoms with Gasteiger partial charge in [-0.2, -0.15) is 0 Å². The van der Waals surface area contributed by atoms with Gasteiger partial charge in [0.25, 0.3) is 0 Å². The maximum absolute atomic E-state index is 10.7. The Morgan fingerprint density at radius 1 is 1.46 bits per heavy atom. The van der Waals surface area contributed by atoms with Crippen LogP contribution in [0.25, 0.3) is 0 Å². The predicted octanol–water partition coefficient (Wildman–Crippen LogP) is -1.77. The highest BCUT2D eigenvalue weighted by molar-refractivity contribution is 5.73.